The van der Waals surface area contributed by atoms with Crippen LogP contribution in [-0.4, -0.2) is 11.4 Å². The minimum Gasteiger partial charge on any atom is -0.411 e. The molecule has 0 unspecified atom stereocenters. The fourth-order valence-corrected chi connectivity index (χ4v) is 3.83. The third-order valence-electron chi connectivity index (χ3n) is 2.06. The number of hydrogen-bond acceptors (Lipinski definition) is 4. The second-order valence-corrected chi connectivity index (χ2v) is 5.11. The Kier molecular flexibility index (Phi) is 2.09. The van der Waals surface area contributed by atoms with Crippen molar-refractivity contribution in [2.75, 3.05) is 0 Å². The monoisotopic (exact) mass is 211 g/mol. The lowest BCUT2D eigenvalue weighted by atomic mass is 10.1. The van der Waals surface area contributed by atoms with Crippen LogP contribution in [0.3, 0.4) is 0 Å². The van der Waals surface area contributed by atoms with Gasteiger partial charge in [-0.1, -0.05) is 5.16 Å². The predicted octanol–water partition coefficient (Wildman–Crippen LogP) is 3.39. The van der Waals surface area contributed by atoms with Crippen molar-refractivity contribution in [3.05, 3.63) is 21.4 Å². The van der Waals surface area contributed by atoms with E-state index < -0.39 is 0 Å². The molecule has 2 aromatic rings. The molecule has 4 heteroatoms. The molecule has 0 aliphatic carbocycles. The second-order valence-electron chi connectivity index (χ2n) is 2.92. The van der Waals surface area contributed by atoms with Crippen molar-refractivity contribution >= 4 is 38.3 Å². The number of nitrogens with zero attached hydrogens (tertiary/aromatic N) is 1. The molecule has 0 fully saturated rings. The maximum Gasteiger partial charge on any atom is 0.0877 e. The molecular formula is C9H9NOS2. The molecule has 2 heterocycles. The number of hydrogen-bond donors (Lipinski definition) is 1. The van der Waals surface area contributed by atoms with Crippen LogP contribution >= 0.6 is 22.7 Å². The quantitative estimate of drug-likeness (QED) is 0.438. The molecule has 0 atom stereocenters. The first kappa shape index (κ1) is 8.72. The van der Waals surface area contributed by atoms with Gasteiger partial charge in [0.1, 0.15) is 0 Å². The van der Waals surface area contributed by atoms with Gasteiger partial charge in [0.15, 0.2) is 0 Å². The molecule has 0 radical (unpaired) electrons. The van der Waals surface area contributed by atoms with Crippen molar-refractivity contribution < 1.29 is 5.21 Å². The second kappa shape index (κ2) is 3.12. The largest absolute Gasteiger partial charge is 0.411 e. The Morgan fingerprint density at radius 1 is 1.46 bits per heavy atom. The van der Waals surface area contributed by atoms with Crippen molar-refractivity contribution in [3.8, 4) is 0 Å². The van der Waals surface area contributed by atoms with Crippen LogP contribution in [0.25, 0.3) is 9.40 Å². The summed E-state index contributed by atoms with van der Waals surface area (Å²) in [6, 6.07) is 0. The van der Waals surface area contributed by atoms with E-state index in [4.69, 9.17) is 5.21 Å². The molecule has 0 aliphatic heterocycles. The van der Waals surface area contributed by atoms with Gasteiger partial charge in [-0.2, -0.15) is 0 Å². The summed E-state index contributed by atoms with van der Waals surface area (Å²) in [6.07, 6.45) is 1.51. The Balaban J connectivity index is 2.75. The summed E-state index contributed by atoms with van der Waals surface area (Å²) in [6.45, 7) is 4.17. The first-order valence-corrected chi connectivity index (χ1v) is 5.58. The molecule has 0 amide bonds. The molecule has 1 N–H and O–H groups in total. The molecule has 0 bridgehead atoms. The maximum absolute atomic E-state index is 8.46. The number of rotatable bonds is 1. The van der Waals surface area contributed by atoms with Gasteiger partial charge < -0.3 is 5.21 Å². The molecular weight excluding hydrogens is 202 g/mol. The van der Waals surface area contributed by atoms with Gasteiger partial charge in [0.25, 0.3) is 0 Å². The summed E-state index contributed by atoms with van der Waals surface area (Å²) < 4.78 is 1.31. The average Bonchev–Trinajstić information content (AvgIpc) is 2.58. The molecule has 0 saturated carbocycles. The van der Waals surface area contributed by atoms with Crippen molar-refractivity contribution in [2.24, 2.45) is 5.16 Å². The van der Waals surface area contributed by atoms with E-state index >= 15 is 0 Å². The van der Waals surface area contributed by atoms with Crippen LogP contribution in [0, 0.1) is 13.8 Å². The lowest BCUT2D eigenvalue weighted by molar-refractivity contribution is 0.322. The van der Waals surface area contributed by atoms with E-state index in [-0.39, 0.29) is 0 Å². The van der Waals surface area contributed by atoms with Gasteiger partial charge in [-0.15, -0.1) is 22.7 Å². The zero-order valence-corrected chi connectivity index (χ0v) is 9.00. The Bertz CT molecular complexity index is 467. The topological polar surface area (TPSA) is 32.6 Å². The van der Waals surface area contributed by atoms with Crippen LogP contribution in [0.5, 0.6) is 0 Å². The molecule has 2 nitrogen and oxygen atoms in total. The van der Waals surface area contributed by atoms with Crippen molar-refractivity contribution in [2.45, 2.75) is 13.8 Å². The van der Waals surface area contributed by atoms with E-state index in [9.17, 15) is 0 Å². The Morgan fingerprint density at radius 2 is 2.23 bits per heavy atom. The van der Waals surface area contributed by atoms with Gasteiger partial charge in [-0.05, 0) is 30.4 Å². The van der Waals surface area contributed by atoms with E-state index in [1.807, 2.05) is 0 Å². The summed E-state index contributed by atoms with van der Waals surface area (Å²) >= 11 is 3.43. The average molecular weight is 211 g/mol. The van der Waals surface area contributed by atoms with Gasteiger partial charge in [0.2, 0.25) is 0 Å². The van der Waals surface area contributed by atoms with Crippen LogP contribution in [0.2, 0.25) is 0 Å². The number of fused-ring (bicyclic) bond motifs is 1. The Morgan fingerprint density at radius 3 is 2.85 bits per heavy atom. The third-order valence-corrected chi connectivity index (χ3v) is 4.51. The third kappa shape index (κ3) is 1.26. The molecule has 0 saturated heterocycles. The van der Waals surface area contributed by atoms with Crippen LogP contribution < -0.4 is 0 Å². The van der Waals surface area contributed by atoms with E-state index in [0.29, 0.717) is 0 Å². The van der Waals surface area contributed by atoms with E-state index in [1.54, 1.807) is 22.7 Å². The summed E-state index contributed by atoms with van der Waals surface area (Å²) in [5, 5.41) is 15.0. The fraction of sp³-hybridized carbons (Fsp3) is 0.222. The van der Waals surface area contributed by atoms with Crippen LogP contribution in [0.1, 0.15) is 16.0 Å². The maximum atomic E-state index is 8.46. The smallest absolute Gasteiger partial charge is 0.0877 e. The zero-order valence-electron chi connectivity index (χ0n) is 7.37. The van der Waals surface area contributed by atoms with Crippen molar-refractivity contribution in [1.82, 2.24) is 0 Å². The standard InChI is InChI=1S/C9H9NOS2/c1-5-4-12-9-8(5)6(2)7(13-9)3-10-11/h3-4,11H,1-2H3/b10-3+. The van der Waals surface area contributed by atoms with Gasteiger partial charge >= 0.3 is 0 Å². The molecule has 2 rings (SSSR count). The minimum atomic E-state index is 1.05. The highest BCUT2D eigenvalue weighted by Gasteiger charge is 2.10. The highest BCUT2D eigenvalue weighted by Crippen LogP contribution is 2.36. The van der Waals surface area contributed by atoms with Gasteiger partial charge in [0, 0.05) is 5.39 Å². The Hall–Kier alpha value is -0.870. The summed E-state index contributed by atoms with van der Waals surface area (Å²) in [4.78, 5) is 1.05. The van der Waals surface area contributed by atoms with Gasteiger partial charge in [-0.3, -0.25) is 0 Å². The van der Waals surface area contributed by atoms with Gasteiger partial charge in [0.05, 0.1) is 15.1 Å². The summed E-state index contributed by atoms with van der Waals surface area (Å²) in [5.41, 5.74) is 2.53. The highest BCUT2D eigenvalue weighted by atomic mass is 32.2. The SMILES string of the molecule is Cc1csc2sc(/C=N/O)c(C)c12. The van der Waals surface area contributed by atoms with Gasteiger partial charge in [-0.25, -0.2) is 0 Å². The number of oxime groups is 1. The first-order chi connectivity index (χ1) is 6.24. The lowest BCUT2D eigenvalue weighted by Gasteiger charge is -1.89. The van der Waals surface area contributed by atoms with E-state index in [1.165, 1.54) is 26.7 Å². The lowest BCUT2D eigenvalue weighted by Crippen LogP contribution is -1.78. The molecule has 68 valence electrons. The molecule has 2 aromatic heterocycles. The van der Waals surface area contributed by atoms with Crippen LogP contribution in [0.15, 0.2) is 10.5 Å². The highest BCUT2D eigenvalue weighted by molar-refractivity contribution is 7.38. The van der Waals surface area contributed by atoms with E-state index in [2.05, 4.69) is 24.4 Å². The zero-order chi connectivity index (χ0) is 9.42. The predicted molar refractivity (Wildman–Crippen MR) is 58.6 cm³/mol. The molecule has 0 aromatic carbocycles. The van der Waals surface area contributed by atoms with Crippen molar-refractivity contribution in [3.63, 3.8) is 0 Å². The molecule has 0 spiro atoms. The normalized spacial score (nSPS) is 11.8. The summed E-state index contributed by atoms with van der Waals surface area (Å²) in [5.74, 6) is 0. The Labute approximate surface area is 84.1 Å². The van der Waals surface area contributed by atoms with Crippen LogP contribution in [-0.2, 0) is 0 Å². The minimum absolute atomic E-state index is 1.05. The first-order valence-electron chi connectivity index (χ1n) is 3.88. The molecule has 13 heavy (non-hydrogen) atoms. The number of aryl methyl sites for hydroxylation is 2. The fourth-order valence-electron chi connectivity index (χ4n) is 1.42. The summed E-state index contributed by atoms with van der Waals surface area (Å²) in [7, 11) is 0. The van der Waals surface area contributed by atoms with E-state index in [0.717, 1.165) is 4.88 Å². The molecule has 0 aliphatic rings. The van der Waals surface area contributed by atoms with Crippen molar-refractivity contribution in [1.29, 1.82) is 0 Å². The van der Waals surface area contributed by atoms with Crippen LogP contribution in [0.4, 0.5) is 0 Å². The number of thiophene rings is 2.